The van der Waals surface area contributed by atoms with Gasteiger partial charge in [0.1, 0.15) is 18.4 Å². The Kier molecular flexibility index (Phi) is 3.68. The molecule has 5 heterocycles. The van der Waals surface area contributed by atoms with Gasteiger partial charge in [0.05, 0.1) is 6.04 Å². The fourth-order valence-electron chi connectivity index (χ4n) is 5.22. The van der Waals surface area contributed by atoms with Crippen molar-refractivity contribution in [1.29, 1.82) is 0 Å². The molecule has 3 aliphatic rings. The highest BCUT2D eigenvalue weighted by molar-refractivity contribution is 5.88. The van der Waals surface area contributed by atoms with Crippen LogP contribution in [-0.2, 0) is 9.53 Å². The lowest BCUT2D eigenvalue weighted by molar-refractivity contribution is -0.140. The summed E-state index contributed by atoms with van der Waals surface area (Å²) in [5.41, 5.74) is 1.37. The Morgan fingerprint density at radius 3 is 2.66 bits per heavy atom. The summed E-state index contributed by atoms with van der Waals surface area (Å²) in [6.45, 7) is 1.53. The molecular formula is C22H23N5O2. The third-order valence-corrected chi connectivity index (χ3v) is 6.68. The second kappa shape index (κ2) is 6.29. The molecule has 3 saturated heterocycles. The van der Waals surface area contributed by atoms with Gasteiger partial charge in [-0.05, 0) is 30.5 Å². The molecule has 0 bridgehead atoms. The van der Waals surface area contributed by atoms with Gasteiger partial charge in [-0.15, -0.1) is 0 Å². The molecule has 2 aromatic heterocycles. The Hall–Kier alpha value is -2.93. The average Bonchev–Trinajstić information content (AvgIpc) is 3.46. The maximum absolute atomic E-state index is 13.5. The lowest BCUT2D eigenvalue weighted by Crippen LogP contribution is -2.50. The number of anilines is 1. The number of benzene rings is 1. The van der Waals surface area contributed by atoms with Crippen LogP contribution < -0.4 is 4.90 Å². The topological polar surface area (TPSA) is 63.0 Å². The van der Waals surface area contributed by atoms with Crippen molar-refractivity contribution in [2.75, 3.05) is 18.0 Å². The number of amides is 1. The van der Waals surface area contributed by atoms with Gasteiger partial charge in [-0.25, -0.2) is 4.98 Å². The van der Waals surface area contributed by atoms with E-state index in [1.54, 1.807) is 6.33 Å². The molecule has 7 nitrogen and oxygen atoms in total. The molecule has 148 valence electrons. The van der Waals surface area contributed by atoms with Gasteiger partial charge in [-0.3, -0.25) is 4.79 Å². The first kappa shape index (κ1) is 17.0. The van der Waals surface area contributed by atoms with Crippen molar-refractivity contribution >= 4 is 17.4 Å². The lowest BCUT2D eigenvalue weighted by atomic mass is 9.89. The Balaban J connectivity index is 1.23. The van der Waals surface area contributed by atoms with Crippen molar-refractivity contribution in [2.45, 2.75) is 43.6 Å². The first-order valence-electron chi connectivity index (χ1n) is 10.3. The molecule has 29 heavy (non-hydrogen) atoms. The maximum Gasteiger partial charge on any atom is 0.257 e. The Morgan fingerprint density at radius 2 is 1.83 bits per heavy atom. The average molecular weight is 389 g/mol. The molecule has 6 rings (SSSR count). The summed E-state index contributed by atoms with van der Waals surface area (Å²) >= 11 is 0. The van der Waals surface area contributed by atoms with E-state index >= 15 is 0 Å². The molecule has 3 aliphatic heterocycles. The first-order chi connectivity index (χ1) is 14.3. The van der Waals surface area contributed by atoms with E-state index in [2.05, 4.69) is 33.2 Å². The molecule has 0 radical (unpaired) electrons. The van der Waals surface area contributed by atoms with E-state index in [9.17, 15) is 4.79 Å². The highest BCUT2D eigenvalue weighted by atomic mass is 16.6. The number of carbonyl (C=O) groups is 1. The predicted octanol–water partition coefficient (Wildman–Crippen LogP) is 2.79. The third-order valence-electron chi connectivity index (χ3n) is 6.68. The maximum atomic E-state index is 13.5. The van der Waals surface area contributed by atoms with Crippen LogP contribution in [0.3, 0.4) is 0 Å². The molecule has 1 spiro atoms. The van der Waals surface area contributed by atoms with Gasteiger partial charge in [-0.2, -0.15) is 9.61 Å². The minimum absolute atomic E-state index is 0.0852. The van der Waals surface area contributed by atoms with Crippen LogP contribution in [0.1, 0.15) is 37.3 Å². The fraction of sp³-hybridized carbons (Fsp3) is 0.409. The monoisotopic (exact) mass is 389 g/mol. The Bertz CT molecular complexity index is 1060. The van der Waals surface area contributed by atoms with Gasteiger partial charge in [0, 0.05) is 25.9 Å². The predicted molar refractivity (Wildman–Crippen MR) is 107 cm³/mol. The number of carbonyl (C=O) groups excluding carboxylic acids is 1. The number of hydrogen-bond donors (Lipinski definition) is 0. The van der Waals surface area contributed by atoms with Crippen LogP contribution in [0.2, 0.25) is 0 Å². The van der Waals surface area contributed by atoms with E-state index < -0.39 is 5.60 Å². The SMILES string of the molecule is O=C1N2C(CCC2c2ccccc2)OC12CCN(c1cccc3ncnn13)CC2. The summed E-state index contributed by atoms with van der Waals surface area (Å²) in [6, 6.07) is 16.5. The van der Waals surface area contributed by atoms with Crippen LogP contribution in [-0.4, -0.2) is 50.3 Å². The largest absolute Gasteiger partial charge is 0.356 e. The molecule has 0 saturated carbocycles. The van der Waals surface area contributed by atoms with Crippen molar-refractivity contribution in [3.8, 4) is 0 Å². The molecule has 0 N–H and O–H groups in total. The number of nitrogens with zero attached hydrogens (tertiary/aromatic N) is 5. The molecule has 7 heteroatoms. The number of ether oxygens (including phenoxy) is 1. The van der Waals surface area contributed by atoms with E-state index in [0.29, 0.717) is 12.8 Å². The number of piperidine rings is 1. The van der Waals surface area contributed by atoms with E-state index in [4.69, 9.17) is 4.74 Å². The van der Waals surface area contributed by atoms with E-state index in [0.717, 1.165) is 37.4 Å². The van der Waals surface area contributed by atoms with Crippen molar-refractivity contribution in [3.05, 3.63) is 60.4 Å². The second-order valence-electron chi connectivity index (χ2n) is 8.18. The van der Waals surface area contributed by atoms with E-state index in [1.807, 2.05) is 39.7 Å². The van der Waals surface area contributed by atoms with Gasteiger partial charge in [-0.1, -0.05) is 36.4 Å². The first-order valence-corrected chi connectivity index (χ1v) is 10.3. The van der Waals surface area contributed by atoms with E-state index in [-0.39, 0.29) is 18.2 Å². The Labute approximate surface area is 168 Å². The molecular weight excluding hydrogens is 366 g/mol. The fourth-order valence-corrected chi connectivity index (χ4v) is 5.22. The quantitative estimate of drug-likeness (QED) is 0.674. The number of pyridine rings is 1. The summed E-state index contributed by atoms with van der Waals surface area (Å²) in [7, 11) is 0. The van der Waals surface area contributed by atoms with Crippen molar-refractivity contribution in [3.63, 3.8) is 0 Å². The summed E-state index contributed by atoms with van der Waals surface area (Å²) in [5, 5.41) is 4.35. The molecule has 2 atom stereocenters. The number of fused-ring (bicyclic) bond motifs is 2. The van der Waals surface area contributed by atoms with E-state index in [1.165, 1.54) is 5.56 Å². The van der Waals surface area contributed by atoms with Gasteiger partial charge >= 0.3 is 0 Å². The van der Waals surface area contributed by atoms with Gasteiger partial charge in [0.25, 0.3) is 5.91 Å². The zero-order valence-electron chi connectivity index (χ0n) is 16.1. The summed E-state index contributed by atoms with van der Waals surface area (Å²) in [4.78, 5) is 22.1. The van der Waals surface area contributed by atoms with Crippen LogP contribution in [0.15, 0.2) is 54.9 Å². The zero-order valence-corrected chi connectivity index (χ0v) is 16.1. The highest BCUT2D eigenvalue weighted by Crippen LogP contribution is 2.47. The van der Waals surface area contributed by atoms with Crippen LogP contribution in [0.5, 0.6) is 0 Å². The van der Waals surface area contributed by atoms with Crippen molar-refractivity contribution in [1.82, 2.24) is 19.5 Å². The molecule has 2 unspecified atom stereocenters. The standard InChI is InChI=1S/C22H23N5O2/c28-21-22(29-20-10-9-17(26(20)21)16-5-2-1-3-6-16)11-13-25(14-12-22)19-8-4-7-18-23-15-24-27(18)19/h1-8,15,17,20H,9-14H2. The number of aromatic nitrogens is 3. The smallest absolute Gasteiger partial charge is 0.257 e. The van der Waals surface area contributed by atoms with Crippen LogP contribution in [0.25, 0.3) is 5.65 Å². The normalized spacial score (nSPS) is 25.9. The molecule has 1 aromatic carbocycles. The molecule has 1 amide bonds. The highest BCUT2D eigenvalue weighted by Gasteiger charge is 2.57. The van der Waals surface area contributed by atoms with Crippen molar-refractivity contribution < 1.29 is 9.53 Å². The van der Waals surface area contributed by atoms with Crippen LogP contribution in [0, 0.1) is 0 Å². The van der Waals surface area contributed by atoms with Gasteiger partial charge < -0.3 is 14.5 Å². The minimum atomic E-state index is -0.676. The van der Waals surface area contributed by atoms with Crippen LogP contribution >= 0.6 is 0 Å². The molecule has 0 aliphatic carbocycles. The molecule has 3 fully saturated rings. The van der Waals surface area contributed by atoms with Gasteiger partial charge in [0.2, 0.25) is 0 Å². The zero-order chi connectivity index (χ0) is 19.4. The third kappa shape index (κ3) is 2.50. The number of rotatable bonds is 2. The summed E-state index contributed by atoms with van der Waals surface area (Å²) < 4.78 is 8.31. The van der Waals surface area contributed by atoms with Gasteiger partial charge in [0.15, 0.2) is 11.2 Å². The lowest BCUT2D eigenvalue weighted by Gasteiger charge is -2.38. The van der Waals surface area contributed by atoms with Crippen molar-refractivity contribution in [2.24, 2.45) is 0 Å². The second-order valence-corrected chi connectivity index (χ2v) is 8.18. The summed E-state index contributed by atoms with van der Waals surface area (Å²) in [6.07, 6.45) is 4.77. The van der Waals surface area contributed by atoms with Crippen LogP contribution in [0.4, 0.5) is 5.82 Å². The minimum Gasteiger partial charge on any atom is -0.356 e. The Morgan fingerprint density at radius 1 is 1.00 bits per heavy atom. The number of hydrogen-bond acceptors (Lipinski definition) is 5. The summed E-state index contributed by atoms with van der Waals surface area (Å²) in [5.74, 6) is 1.19. The molecule has 3 aromatic rings.